The predicted octanol–water partition coefficient (Wildman–Crippen LogP) is 5.90. The van der Waals surface area contributed by atoms with Gasteiger partial charge in [0.05, 0.1) is 22.2 Å². The number of rotatable bonds is 4. The molecule has 0 aliphatic carbocycles. The van der Waals surface area contributed by atoms with Crippen LogP contribution in [0.2, 0.25) is 5.02 Å². The molecule has 3 N–H and O–H groups in total. The molecule has 6 nitrogen and oxygen atoms in total. The van der Waals surface area contributed by atoms with E-state index in [1.165, 1.54) is 12.8 Å². The lowest BCUT2D eigenvalue weighted by atomic mass is 9.83. The lowest BCUT2D eigenvalue weighted by molar-refractivity contribution is 0.0976. The van der Waals surface area contributed by atoms with Gasteiger partial charge in [0.1, 0.15) is 11.4 Å². The fraction of sp³-hybridized carbons (Fsp3) is 0.241. The Balaban J connectivity index is 1.44. The van der Waals surface area contributed by atoms with E-state index in [0.717, 1.165) is 58.4 Å². The van der Waals surface area contributed by atoms with E-state index in [1.54, 1.807) is 0 Å². The minimum absolute atomic E-state index is 0.149. The van der Waals surface area contributed by atoms with Crippen LogP contribution in [-0.4, -0.2) is 45.5 Å². The number of hydrogen-bond acceptors (Lipinski definition) is 4. The fourth-order valence-corrected chi connectivity index (χ4v) is 6.00. The van der Waals surface area contributed by atoms with Gasteiger partial charge in [-0.25, -0.2) is 4.98 Å². The molecule has 7 heteroatoms. The van der Waals surface area contributed by atoms with Gasteiger partial charge < -0.3 is 20.2 Å². The first kappa shape index (κ1) is 21.7. The summed E-state index contributed by atoms with van der Waals surface area (Å²) in [5.74, 6) is 1.19. The highest BCUT2D eigenvalue weighted by molar-refractivity contribution is 6.30. The number of pyridine rings is 1. The Labute approximate surface area is 213 Å². The Kier molecular flexibility index (Phi) is 5.11. The molecule has 5 aromatic rings. The SMILES string of the molecule is O=c1[nH]c2ccc(-c3ccc(Cl)cc3)cc2c(N[C@H]2CN3CCC2CC3)c1-c1nc2ccccc2[nH]1. The summed E-state index contributed by atoms with van der Waals surface area (Å²) < 4.78 is 0. The molecule has 0 spiro atoms. The van der Waals surface area contributed by atoms with Crippen LogP contribution in [-0.2, 0) is 0 Å². The van der Waals surface area contributed by atoms with Crippen molar-refractivity contribution in [1.29, 1.82) is 0 Å². The second kappa shape index (κ2) is 8.50. The van der Waals surface area contributed by atoms with E-state index < -0.39 is 0 Å². The van der Waals surface area contributed by atoms with E-state index in [2.05, 4.69) is 26.3 Å². The average Bonchev–Trinajstić information content (AvgIpc) is 3.33. The molecule has 8 rings (SSSR count). The van der Waals surface area contributed by atoms with Crippen LogP contribution >= 0.6 is 11.6 Å². The molecule has 3 aliphatic rings. The number of nitrogens with one attached hydrogen (secondary N) is 3. The van der Waals surface area contributed by atoms with Crippen molar-refractivity contribution in [3.8, 4) is 22.5 Å². The molecular formula is C29H26ClN5O. The number of benzene rings is 3. The van der Waals surface area contributed by atoms with Crippen molar-refractivity contribution in [2.45, 2.75) is 18.9 Å². The van der Waals surface area contributed by atoms with Gasteiger partial charge in [0.2, 0.25) is 0 Å². The fourth-order valence-electron chi connectivity index (χ4n) is 5.88. The number of imidazole rings is 1. The summed E-state index contributed by atoms with van der Waals surface area (Å²) in [4.78, 5) is 27.4. The lowest BCUT2D eigenvalue weighted by Gasteiger charge is -2.45. The third-order valence-electron chi connectivity index (χ3n) is 7.80. The van der Waals surface area contributed by atoms with Crippen molar-refractivity contribution < 1.29 is 0 Å². The molecule has 0 unspecified atom stereocenters. The third-order valence-corrected chi connectivity index (χ3v) is 8.06. The number of para-hydroxylation sites is 2. The molecule has 3 aliphatic heterocycles. The number of fused-ring (bicyclic) bond motifs is 5. The molecule has 2 aromatic heterocycles. The Hall–Kier alpha value is -3.61. The van der Waals surface area contributed by atoms with Crippen molar-refractivity contribution in [1.82, 2.24) is 19.9 Å². The minimum atomic E-state index is -0.149. The number of H-pyrrole nitrogens is 2. The Morgan fingerprint density at radius 1 is 0.917 bits per heavy atom. The molecule has 180 valence electrons. The number of hydrogen-bond donors (Lipinski definition) is 3. The summed E-state index contributed by atoms with van der Waals surface area (Å²) >= 11 is 6.13. The van der Waals surface area contributed by atoms with Crippen LogP contribution in [0.4, 0.5) is 5.69 Å². The molecule has 2 bridgehead atoms. The third kappa shape index (κ3) is 3.69. The summed E-state index contributed by atoms with van der Waals surface area (Å²) in [5.41, 5.74) is 5.97. The quantitative estimate of drug-likeness (QED) is 0.290. The average molecular weight is 496 g/mol. The summed E-state index contributed by atoms with van der Waals surface area (Å²) in [7, 11) is 0. The summed E-state index contributed by atoms with van der Waals surface area (Å²) in [6.07, 6.45) is 2.38. The maximum absolute atomic E-state index is 13.5. The van der Waals surface area contributed by atoms with Crippen LogP contribution in [0.5, 0.6) is 0 Å². The largest absolute Gasteiger partial charge is 0.379 e. The second-order valence-electron chi connectivity index (χ2n) is 9.96. The summed E-state index contributed by atoms with van der Waals surface area (Å²) in [6, 6.07) is 22.2. The van der Waals surface area contributed by atoms with Gasteiger partial charge in [0, 0.05) is 23.0 Å². The van der Waals surface area contributed by atoms with E-state index in [1.807, 2.05) is 60.7 Å². The maximum atomic E-state index is 13.5. The van der Waals surface area contributed by atoms with Crippen molar-refractivity contribution in [3.05, 3.63) is 82.1 Å². The van der Waals surface area contributed by atoms with Crippen LogP contribution in [0.25, 0.3) is 44.5 Å². The molecule has 3 aromatic carbocycles. The zero-order valence-electron chi connectivity index (χ0n) is 19.7. The van der Waals surface area contributed by atoms with Crippen LogP contribution in [0, 0.1) is 5.92 Å². The van der Waals surface area contributed by atoms with Crippen molar-refractivity contribution >= 4 is 39.2 Å². The van der Waals surface area contributed by atoms with E-state index in [4.69, 9.17) is 16.6 Å². The van der Waals surface area contributed by atoms with Crippen LogP contribution < -0.4 is 10.9 Å². The highest BCUT2D eigenvalue weighted by atomic mass is 35.5. The van der Waals surface area contributed by atoms with Crippen LogP contribution in [0.3, 0.4) is 0 Å². The number of aromatic nitrogens is 3. The van der Waals surface area contributed by atoms with E-state index in [0.29, 0.717) is 28.4 Å². The molecule has 1 atom stereocenters. The molecule has 36 heavy (non-hydrogen) atoms. The zero-order chi connectivity index (χ0) is 24.2. The number of piperidine rings is 3. The van der Waals surface area contributed by atoms with Crippen LogP contribution in [0.15, 0.2) is 71.5 Å². The Morgan fingerprint density at radius 3 is 2.44 bits per heavy atom. The van der Waals surface area contributed by atoms with Gasteiger partial charge in [0.15, 0.2) is 0 Å². The van der Waals surface area contributed by atoms with Gasteiger partial charge in [-0.1, -0.05) is 41.9 Å². The topological polar surface area (TPSA) is 76.8 Å². The maximum Gasteiger partial charge on any atom is 0.261 e. The lowest BCUT2D eigenvalue weighted by Crippen LogP contribution is -2.53. The molecule has 5 heterocycles. The van der Waals surface area contributed by atoms with Gasteiger partial charge in [-0.15, -0.1) is 0 Å². The van der Waals surface area contributed by atoms with Crippen molar-refractivity contribution in [3.63, 3.8) is 0 Å². The first-order valence-corrected chi connectivity index (χ1v) is 12.9. The van der Waals surface area contributed by atoms with E-state index in [9.17, 15) is 4.79 Å². The van der Waals surface area contributed by atoms with Gasteiger partial charge in [-0.05, 0) is 79.4 Å². The molecular weight excluding hydrogens is 470 g/mol. The zero-order valence-corrected chi connectivity index (χ0v) is 20.5. The van der Waals surface area contributed by atoms with Gasteiger partial charge in [0.25, 0.3) is 5.56 Å². The predicted molar refractivity (Wildman–Crippen MR) is 147 cm³/mol. The highest BCUT2D eigenvalue weighted by Gasteiger charge is 2.35. The molecule has 3 fully saturated rings. The Bertz CT molecular complexity index is 1610. The van der Waals surface area contributed by atoms with E-state index >= 15 is 0 Å². The molecule has 3 saturated heterocycles. The smallest absolute Gasteiger partial charge is 0.261 e. The Morgan fingerprint density at radius 2 is 1.69 bits per heavy atom. The molecule has 0 radical (unpaired) electrons. The number of anilines is 1. The summed E-state index contributed by atoms with van der Waals surface area (Å²) in [6.45, 7) is 3.32. The van der Waals surface area contributed by atoms with Crippen LogP contribution in [0.1, 0.15) is 12.8 Å². The van der Waals surface area contributed by atoms with Gasteiger partial charge >= 0.3 is 0 Å². The standard InChI is InChI=1S/C29H26ClN5O/c30-20-8-5-17(6-9-20)19-7-10-22-21(15-19)27(31-25-16-35-13-11-18(25)12-14-35)26(29(36)34-22)28-32-23-3-1-2-4-24(23)33-28/h1-10,15,18,25H,11-14,16H2,(H,32,33)(H2,31,34,36)/t25-/m0/s1. The van der Waals surface area contributed by atoms with Crippen molar-refractivity contribution in [2.24, 2.45) is 5.92 Å². The first-order valence-electron chi connectivity index (χ1n) is 12.5. The second-order valence-corrected chi connectivity index (χ2v) is 10.4. The van der Waals surface area contributed by atoms with E-state index in [-0.39, 0.29) is 5.56 Å². The normalized spacial score (nSPS) is 21.3. The summed E-state index contributed by atoms with van der Waals surface area (Å²) in [5, 5.41) is 5.54. The minimum Gasteiger partial charge on any atom is -0.379 e. The monoisotopic (exact) mass is 495 g/mol. The highest BCUT2D eigenvalue weighted by Crippen LogP contribution is 2.37. The van der Waals surface area contributed by atoms with Crippen molar-refractivity contribution in [2.75, 3.05) is 25.0 Å². The van der Waals surface area contributed by atoms with Gasteiger partial charge in [-0.3, -0.25) is 4.79 Å². The first-order chi connectivity index (χ1) is 17.6. The number of nitrogens with zero attached hydrogens (tertiary/aromatic N) is 2. The molecule has 0 saturated carbocycles. The molecule has 0 amide bonds. The van der Waals surface area contributed by atoms with Gasteiger partial charge in [-0.2, -0.15) is 0 Å². The number of halogens is 1. The number of aromatic amines is 2.